The van der Waals surface area contributed by atoms with E-state index in [4.69, 9.17) is 35.6 Å². The predicted octanol–water partition coefficient (Wildman–Crippen LogP) is 0.271. The van der Waals surface area contributed by atoms with Crippen LogP contribution in [0.4, 0.5) is 0 Å². The fraction of sp³-hybridized carbons (Fsp3) is 0.319. The molecule has 0 spiro atoms. The fourth-order valence-corrected chi connectivity index (χ4v) is 9.36. The molecule has 0 unspecified atom stereocenters. The highest BCUT2D eigenvalue weighted by atomic mass is 32.1. The van der Waals surface area contributed by atoms with Crippen molar-refractivity contribution in [2.75, 3.05) is 6.61 Å². The average Bonchev–Trinajstić information content (AvgIpc) is 1.67. The van der Waals surface area contributed by atoms with E-state index in [-0.39, 0.29) is 68.4 Å². The van der Waals surface area contributed by atoms with Crippen molar-refractivity contribution >= 4 is 51.4 Å². The molecule has 0 saturated heterocycles. The number of ether oxygens (including phenoxy) is 5. The van der Waals surface area contributed by atoms with Crippen LogP contribution in [0, 0.1) is 19.3 Å². The molecular weight excluding hydrogens is 1230 g/mol. The van der Waals surface area contributed by atoms with Gasteiger partial charge in [-0.05, 0) is 61.6 Å². The number of tetrazole rings is 4. The van der Waals surface area contributed by atoms with Crippen molar-refractivity contribution in [3.63, 3.8) is 0 Å². The first-order valence-electron chi connectivity index (χ1n) is 27.1. The lowest BCUT2D eigenvalue weighted by atomic mass is 10.2. The summed E-state index contributed by atoms with van der Waals surface area (Å²) in [5, 5.41) is 54.7. The molecule has 0 aliphatic carbocycles. The minimum Gasteiger partial charge on any atom is -0.478 e. The topological polar surface area (TPSA) is 380 Å². The van der Waals surface area contributed by atoms with Crippen LogP contribution in [0.3, 0.4) is 0 Å². The summed E-state index contributed by atoms with van der Waals surface area (Å²) < 4.78 is 72.5. The number of aryl methyl sites for hydroxylation is 8. The molecule has 88 heavy (non-hydrogen) atoms. The normalized spacial score (nSPS) is 11.5. The van der Waals surface area contributed by atoms with E-state index in [9.17, 15) is 19.2 Å². The van der Waals surface area contributed by atoms with E-state index < -0.39 is 17.1 Å². The van der Waals surface area contributed by atoms with Crippen molar-refractivity contribution in [1.82, 2.24) is 138 Å². The lowest BCUT2D eigenvalue weighted by Gasteiger charge is -2.07. The van der Waals surface area contributed by atoms with Crippen molar-refractivity contribution in [3.8, 4) is 62.3 Å². The molecule has 37 nitrogen and oxygen atoms in total. The number of thiazole rings is 4. The molecule has 12 aromatic heterocycles. The molecule has 0 saturated carbocycles. The van der Waals surface area contributed by atoms with Crippen molar-refractivity contribution < 1.29 is 29.2 Å². The van der Waals surface area contributed by atoms with Crippen LogP contribution in [0.2, 0.25) is 0 Å². The SMILES string of the molecule is [3H]c1csc(OCc2c(-n3nnn(C)c3=O)nn(C)c2C#C)n1.[3H]c1csc(OCc2c(-n3nnn(C)c3=O)nn(C)c2C)n1.[3H]c1csc(OCc2c(-n3nnn(C)c3=O)nn(C)c2C=C)n1.[3H]c1csc(OCc2c(-n3nnn(C)c3=O)nn(C)c2OCC)n1. The van der Waals surface area contributed by atoms with Gasteiger partial charge in [0.1, 0.15) is 32.1 Å². The summed E-state index contributed by atoms with van der Waals surface area (Å²) in [4.78, 5) is 63.9. The first kappa shape index (κ1) is 56.3. The second-order valence-corrected chi connectivity index (χ2v) is 20.7. The molecule has 12 rings (SSSR count). The van der Waals surface area contributed by atoms with E-state index >= 15 is 0 Å². The van der Waals surface area contributed by atoms with Gasteiger partial charge in [0.05, 0.1) is 40.0 Å². The first-order valence-corrected chi connectivity index (χ1v) is 28.6. The third-order valence-corrected chi connectivity index (χ3v) is 14.5. The summed E-state index contributed by atoms with van der Waals surface area (Å²) in [6, 6.07) is 0. The van der Waals surface area contributed by atoms with Crippen molar-refractivity contribution in [1.29, 1.82) is 0 Å². The van der Waals surface area contributed by atoms with Gasteiger partial charge in [-0.15, -0.1) is 30.2 Å². The van der Waals surface area contributed by atoms with Gasteiger partial charge in [-0.2, -0.15) is 34.0 Å². The lowest BCUT2D eigenvalue weighted by molar-refractivity contribution is 0.274. The summed E-state index contributed by atoms with van der Waals surface area (Å²) in [6.45, 7) is 8.29. The Labute approximate surface area is 516 Å². The number of aromatic nitrogens is 28. The van der Waals surface area contributed by atoms with Gasteiger partial charge in [0.15, 0.2) is 23.3 Å². The quantitative estimate of drug-likeness (QED) is 0.0981. The highest BCUT2D eigenvalue weighted by Crippen LogP contribution is 2.28. The maximum atomic E-state index is 12.1. The zero-order valence-corrected chi connectivity index (χ0v) is 51.3. The zero-order valence-electron chi connectivity index (χ0n) is 52.0. The van der Waals surface area contributed by atoms with E-state index in [2.05, 4.69) is 94.5 Å². The molecule has 0 bridgehead atoms. The molecular formula is C47H52N28O9S4. The zero-order chi connectivity index (χ0) is 66.2. The largest absolute Gasteiger partial charge is 0.478 e. The molecule has 0 aliphatic heterocycles. The van der Waals surface area contributed by atoms with Crippen molar-refractivity contribution in [2.24, 2.45) is 56.4 Å². The van der Waals surface area contributed by atoms with Gasteiger partial charge in [0, 0.05) is 108 Å². The Morgan fingerprint density at radius 1 is 0.477 bits per heavy atom. The van der Waals surface area contributed by atoms with Gasteiger partial charge < -0.3 is 23.7 Å². The standard InChI is InChI=1S/C12H15N7O3S.C12H13N7O2S.C12H11N7O2S.C11H13N7O2S/c1-4-21-10-8(7-22-11-13-5-6-23-11)9(14-17(10)2)19-12(20)18(3)15-16-19;2*1-4-9-8(7-21-11-13-5-6-22-11)10(14-17(9)2)19-12(20)18(3)15-16-19;1-7-8(6-20-10-12-4-5-21-10)9(13-16(7)2)18-11(19)17(3)14-15-18/h5-6H,4,7H2,1-3H3;4-6H,1,7H2,2-3H3;1,5-6H,7H2,2-3H3;4-5H,6H2,1-3H3/i3*5T;4T. The maximum Gasteiger partial charge on any atom is 0.369 e. The summed E-state index contributed by atoms with van der Waals surface area (Å²) in [5.41, 5.74) is 2.72. The van der Waals surface area contributed by atoms with Crippen molar-refractivity contribution in [3.05, 3.63) is 134 Å². The molecule has 0 amide bonds. The minimum absolute atomic E-state index is 0.0404. The van der Waals surface area contributed by atoms with Crippen molar-refractivity contribution in [2.45, 2.75) is 40.3 Å². The molecule has 0 N–H and O–H groups in total. The van der Waals surface area contributed by atoms with Crippen LogP contribution < -0.4 is 46.4 Å². The molecule has 0 atom stereocenters. The molecule has 12 heterocycles. The van der Waals surface area contributed by atoms with E-state index in [1.165, 1.54) is 82.9 Å². The third kappa shape index (κ3) is 13.3. The molecule has 458 valence electrons. The molecule has 41 heteroatoms. The van der Waals surface area contributed by atoms with Crippen LogP contribution >= 0.6 is 45.3 Å². The Hall–Kier alpha value is -10.9. The molecule has 0 radical (unpaired) electrons. The Kier molecular flexibility index (Phi) is 17.6. The van der Waals surface area contributed by atoms with Crippen LogP contribution in [0.25, 0.3) is 29.3 Å². The maximum absolute atomic E-state index is 12.1. The van der Waals surface area contributed by atoms with Crippen LogP contribution in [0.5, 0.6) is 26.7 Å². The summed E-state index contributed by atoms with van der Waals surface area (Å²) in [7, 11) is 12.9. The van der Waals surface area contributed by atoms with E-state index in [0.717, 1.165) is 43.1 Å². The Balaban J connectivity index is 0.000000145. The van der Waals surface area contributed by atoms with E-state index in [0.29, 0.717) is 78.5 Å². The van der Waals surface area contributed by atoms with Gasteiger partial charge in [0.25, 0.3) is 20.8 Å². The molecule has 12 aromatic rings. The van der Waals surface area contributed by atoms with Crippen LogP contribution in [-0.2, 0) is 82.8 Å². The van der Waals surface area contributed by atoms with Gasteiger partial charge >= 0.3 is 22.8 Å². The van der Waals surface area contributed by atoms with Crippen LogP contribution in [0.1, 0.15) is 51.7 Å². The molecule has 0 aromatic carbocycles. The van der Waals surface area contributed by atoms with Gasteiger partial charge in [-0.25, -0.2) is 43.8 Å². The molecule has 0 aliphatic rings. The number of hydrogen-bond acceptors (Lipinski definition) is 29. The smallest absolute Gasteiger partial charge is 0.369 e. The second kappa shape index (κ2) is 27.5. The Morgan fingerprint density at radius 3 is 1.18 bits per heavy atom. The minimum atomic E-state index is -0.449. The summed E-state index contributed by atoms with van der Waals surface area (Å²) in [5.74, 6) is 4.21. The fourth-order valence-electron chi connectivity index (χ4n) is 7.61. The number of hydrogen-bond donors (Lipinski definition) is 0. The monoisotopic (exact) mass is 1290 g/mol. The number of terminal acetylenes is 1. The third-order valence-electron chi connectivity index (χ3n) is 11.9. The summed E-state index contributed by atoms with van der Waals surface area (Å²) >= 11 is 4.88. The highest BCUT2D eigenvalue weighted by Gasteiger charge is 2.26. The second-order valence-electron chi connectivity index (χ2n) is 17.4. The van der Waals surface area contributed by atoms with Gasteiger partial charge in [0.2, 0.25) is 5.88 Å². The van der Waals surface area contributed by atoms with Gasteiger partial charge in [-0.1, -0.05) is 57.8 Å². The summed E-state index contributed by atoms with van der Waals surface area (Å²) in [6.07, 6.45) is 7.70. The van der Waals surface area contributed by atoms with Crippen LogP contribution in [0.15, 0.2) is 72.0 Å². The van der Waals surface area contributed by atoms with Gasteiger partial charge in [-0.3, -0.25) is 14.0 Å². The predicted molar refractivity (Wildman–Crippen MR) is 313 cm³/mol. The Bertz CT molecular complexity index is 4880. The van der Waals surface area contributed by atoms with E-state index in [1.54, 1.807) is 65.2 Å². The first-order chi connectivity index (χ1) is 44.0. The highest BCUT2D eigenvalue weighted by molar-refractivity contribution is 7.12. The molecule has 0 fully saturated rings. The van der Waals surface area contributed by atoms with Crippen LogP contribution in [-0.4, -0.2) is 145 Å². The average molecular weight is 1290 g/mol. The Morgan fingerprint density at radius 2 is 0.818 bits per heavy atom. The number of rotatable bonds is 19. The van der Waals surface area contributed by atoms with E-state index in [1.807, 2.05) is 13.8 Å². The number of nitrogens with zero attached hydrogens (tertiary/aromatic N) is 28. The lowest BCUT2D eigenvalue weighted by Crippen LogP contribution is -2.23.